The van der Waals surface area contributed by atoms with Crippen LogP contribution >= 0.6 is 0 Å². The maximum atomic E-state index is 12.8. The van der Waals surface area contributed by atoms with Crippen molar-refractivity contribution in [2.24, 2.45) is 5.92 Å². The van der Waals surface area contributed by atoms with Crippen LogP contribution in [0.2, 0.25) is 0 Å². The zero-order chi connectivity index (χ0) is 15.5. The molecule has 7 nitrogen and oxygen atoms in total. The summed E-state index contributed by atoms with van der Waals surface area (Å²) in [5, 5.41) is 20.6. The highest BCUT2D eigenvalue weighted by Crippen LogP contribution is 2.25. The van der Waals surface area contributed by atoms with E-state index in [1.54, 1.807) is 17.0 Å². The van der Waals surface area contributed by atoms with Gasteiger partial charge in [-0.25, -0.2) is 4.68 Å². The number of aromatic nitrogens is 4. The lowest BCUT2D eigenvalue weighted by atomic mass is 9.90. The van der Waals surface area contributed by atoms with E-state index >= 15 is 0 Å². The van der Waals surface area contributed by atoms with Crippen molar-refractivity contribution in [3.8, 4) is 5.69 Å². The van der Waals surface area contributed by atoms with Gasteiger partial charge < -0.3 is 10.0 Å². The van der Waals surface area contributed by atoms with Gasteiger partial charge in [0.15, 0.2) is 0 Å². The van der Waals surface area contributed by atoms with E-state index in [2.05, 4.69) is 22.4 Å². The van der Waals surface area contributed by atoms with E-state index in [0.29, 0.717) is 18.0 Å². The minimum atomic E-state index is -0.113. The van der Waals surface area contributed by atoms with Gasteiger partial charge in [0.25, 0.3) is 5.91 Å². The van der Waals surface area contributed by atoms with Gasteiger partial charge in [0.2, 0.25) is 0 Å². The predicted molar refractivity (Wildman–Crippen MR) is 79.5 cm³/mol. The van der Waals surface area contributed by atoms with E-state index in [1.165, 1.54) is 11.0 Å². The van der Waals surface area contributed by atoms with Gasteiger partial charge in [0.1, 0.15) is 6.33 Å². The van der Waals surface area contributed by atoms with Gasteiger partial charge in [-0.05, 0) is 47.4 Å². The summed E-state index contributed by atoms with van der Waals surface area (Å²) in [5.74, 6) is 0.255. The number of carbonyl (C=O) groups excluding carboxylic acids is 1. The number of likely N-dealkylation sites (tertiary alicyclic amines) is 1. The smallest absolute Gasteiger partial charge is 0.254 e. The Morgan fingerprint density at radius 1 is 1.45 bits per heavy atom. The lowest BCUT2D eigenvalue weighted by Crippen LogP contribution is -2.49. The summed E-state index contributed by atoms with van der Waals surface area (Å²) in [6.45, 7) is 2.76. The van der Waals surface area contributed by atoms with Crippen molar-refractivity contribution in [2.75, 3.05) is 13.2 Å². The molecular weight excluding hydrogens is 282 g/mol. The van der Waals surface area contributed by atoms with Crippen LogP contribution in [0.5, 0.6) is 0 Å². The zero-order valence-electron chi connectivity index (χ0n) is 12.5. The van der Waals surface area contributed by atoms with Crippen LogP contribution in [0.1, 0.15) is 30.1 Å². The number of carbonyl (C=O) groups is 1. The highest BCUT2D eigenvalue weighted by atomic mass is 16.3. The molecule has 0 radical (unpaired) electrons. The van der Waals surface area contributed by atoms with Crippen molar-refractivity contribution >= 4 is 5.91 Å². The van der Waals surface area contributed by atoms with Crippen molar-refractivity contribution in [3.05, 3.63) is 36.2 Å². The molecule has 7 heteroatoms. The second-order valence-electron chi connectivity index (χ2n) is 5.67. The van der Waals surface area contributed by atoms with Crippen LogP contribution in [0.15, 0.2) is 30.6 Å². The van der Waals surface area contributed by atoms with E-state index in [1.807, 2.05) is 12.1 Å². The van der Waals surface area contributed by atoms with Gasteiger partial charge in [-0.3, -0.25) is 4.79 Å². The second-order valence-corrected chi connectivity index (χ2v) is 5.67. The summed E-state index contributed by atoms with van der Waals surface area (Å²) in [6.07, 6.45) is 3.50. The Labute approximate surface area is 128 Å². The van der Waals surface area contributed by atoms with Crippen molar-refractivity contribution in [1.82, 2.24) is 25.1 Å². The van der Waals surface area contributed by atoms with Crippen molar-refractivity contribution in [3.63, 3.8) is 0 Å². The van der Waals surface area contributed by atoms with Crippen LogP contribution < -0.4 is 0 Å². The molecule has 22 heavy (non-hydrogen) atoms. The summed E-state index contributed by atoms with van der Waals surface area (Å²) < 4.78 is 1.51. The molecule has 2 atom stereocenters. The molecule has 2 heterocycles. The van der Waals surface area contributed by atoms with Gasteiger partial charge >= 0.3 is 0 Å². The first-order chi connectivity index (χ1) is 10.7. The minimum Gasteiger partial charge on any atom is -0.394 e. The molecule has 116 valence electrons. The van der Waals surface area contributed by atoms with Gasteiger partial charge in [-0.2, -0.15) is 0 Å². The van der Waals surface area contributed by atoms with Crippen LogP contribution in [-0.2, 0) is 0 Å². The van der Waals surface area contributed by atoms with E-state index in [4.69, 9.17) is 0 Å². The number of aliphatic hydroxyl groups is 1. The summed E-state index contributed by atoms with van der Waals surface area (Å²) in [5.41, 5.74) is 1.32. The Morgan fingerprint density at radius 2 is 2.32 bits per heavy atom. The maximum absolute atomic E-state index is 12.8. The zero-order valence-corrected chi connectivity index (χ0v) is 12.5. The van der Waals surface area contributed by atoms with Crippen LogP contribution in [0.25, 0.3) is 5.69 Å². The van der Waals surface area contributed by atoms with Crippen LogP contribution in [0.4, 0.5) is 0 Å². The lowest BCUT2D eigenvalue weighted by Gasteiger charge is -2.39. The van der Waals surface area contributed by atoms with Gasteiger partial charge in [0, 0.05) is 12.1 Å². The highest BCUT2D eigenvalue weighted by molar-refractivity contribution is 5.95. The van der Waals surface area contributed by atoms with Gasteiger partial charge in [-0.1, -0.05) is 13.0 Å². The minimum absolute atomic E-state index is 0.000403. The fraction of sp³-hybridized carbons (Fsp3) is 0.467. The van der Waals surface area contributed by atoms with E-state index in [0.717, 1.165) is 18.5 Å². The first kappa shape index (κ1) is 14.6. The molecule has 1 aromatic heterocycles. The summed E-state index contributed by atoms with van der Waals surface area (Å²) in [7, 11) is 0. The Hall–Kier alpha value is -2.28. The number of nitrogens with zero attached hydrogens (tertiary/aromatic N) is 5. The quantitative estimate of drug-likeness (QED) is 0.910. The molecule has 1 amide bonds. The Balaban J connectivity index is 1.87. The fourth-order valence-corrected chi connectivity index (χ4v) is 3.01. The molecule has 2 unspecified atom stereocenters. The van der Waals surface area contributed by atoms with Crippen molar-refractivity contribution in [1.29, 1.82) is 0 Å². The topological polar surface area (TPSA) is 84.1 Å². The molecule has 1 N–H and O–H groups in total. The third-order valence-electron chi connectivity index (χ3n) is 4.27. The molecule has 1 saturated heterocycles. The molecule has 1 fully saturated rings. The monoisotopic (exact) mass is 301 g/mol. The average molecular weight is 301 g/mol. The molecule has 0 saturated carbocycles. The van der Waals surface area contributed by atoms with Crippen LogP contribution in [0, 0.1) is 5.92 Å². The number of tetrazole rings is 1. The number of rotatable bonds is 3. The van der Waals surface area contributed by atoms with Crippen LogP contribution in [-0.4, -0.2) is 55.3 Å². The number of aliphatic hydroxyl groups excluding tert-OH is 1. The normalized spacial score (nSPS) is 21.8. The Bertz CT molecular complexity index is 643. The number of hydrogen-bond donors (Lipinski definition) is 1. The maximum Gasteiger partial charge on any atom is 0.254 e. The highest BCUT2D eigenvalue weighted by Gasteiger charge is 2.31. The van der Waals surface area contributed by atoms with E-state index in [-0.39, 0.29) is 18.6 Å². The second kappa shape index (κ2) is 6.23. The van der Waals surface area contributed by atoms with Crippen molar-refractivity contribution < 1.29 is 9.90 Å². The van der Waals surface area contributed by atoms with Crippen molar-refractivity contribution in [2.45, 2.75) is 25.8 Å². The standard InChI is InChI=1S/C15H19N5O2/c1-11-4-3-7-19(14(11)9-21)15(22)12-5-2-6-13(8-12)20-10-16-17-18-20/h2,5-6,8,10-11,14,21H,3-4,7,9H2,1H3. The summed E-state index contributed by atoms with van der Waals surface area (Å²) >= 11 is 0. The first-order valence-corrected chi connectivity index (χ1v) is 7.46. The summed E-state index contributed by atoms with van der Waals surface area (Å²) in [6, 6.07) is 7.09. The molecule has 1 aromatic carbocycles. The van der Waals surface area contributed by atoms with Gasteiger partial charge in [-0.15, -0.1) is 5.10 Å². The molecule has 0 spiro atoms. The lowest BCUT2D eigenvalue weighted by molar-refractivity contribution is 0.0358. The Kier molecular flexibility index (Phi) is 4.15. The predicted octanol–water partition coefficient (Wildman–Crippen LogP) is 0.895. The molecule has 1 aliphatic rings. The first-order valence-electron chi connectivity index (χ1n) is 7.46. The third kappa shape index (κ3) is 2.71. The SMILES string of the molecule is CC1CCCN(C(=O)c2cccc(-n3cnnn3)c2)C1CO. The molecule has 0 aliphatic carbocycles. The molecule has 0 bridgehead atoms. The molecule has 3 rings (SSSR count). The largest absolute Gasteiger partial charge is 0.394 e. The van der Waals surface area contributed by atoms with E-state index in [9.17, 15) is 9.90 Å². The summed E-state index contributed by atoms with van der Waals surface area (Å²) in [4.78, 5) is 14.6. The molecule has 2 aromatic rings. The average Bonchev–Trinajstić information content (AvgIpc) is 3.08. The number of benzene rings is 1. The Morgan fingerprint density at radius 3 is 3.05 bits per heavy atom. The fourth-order valence-electron chi connectivity index (χ4n) is 3.01. The molecule has 1 aliphatic heterocycles. The van der Waals surface area contributed by atoms with E-state index < -0.39 is 0 Å². The number of hydrogen-bond acceptors (Lipinski definition) is 5. The van der Waals surface area contributed by atoms with Crippen LogP contribution in [0.3, 0.4) is 0 Å². The number of amides is 1. The molecular formula is C15H19N5O2. The van der Waals surface area contributed by atoms with Gasteiger partial charge in [0.05, 0.1) is 18.3 Å². The number of piperidine rings is 1. The third-order valence-corrected chi connectivity index (χ3v) is 4.27.